The molecule has 2 nitrogen and oxygen atoms in total. The van der Waals surface area contributed by atoms with Gasteiger partial charge in [-0.1, -0.05) is 0 Å². The van der Waals surface area contributed by atoms with Crippen LogP contribution in [0.2, 0.25) is 38.0 Å². The molecule has 43 heavy (non-hydrogen) atoms. The summed E-state index contributed by atoms with van der Waals surface area (Å²) in [6.07, 6.45) is 0.375. The molecule has 10 aliphatic rings. The van der Waals surface area contributed by atoms with Crippen molar-refractivity contribution in [3.63, 3.8) is 0 Å². The van der Waals surface area contributed by atoms with Crippen LogP contribution in [0.25, 0.3) is 0 Å². The van der Waals surface area contributed by atoms with Crippen molar-refractivity contribution >= 4 is 43.0 Å². The summed E-state index contributed by atoms with van der Waals surface area (Å²) in [6, 6.07) is 46.8. The van der Waals surface area contributed by atoms with E-state index in [1.54, 1.807) is 21.2 Å². The number of hydrogen-bond donors (Lipinski definition) is 1. The Labute approximate surface area is 245 Å². The second kappa shape index (κ2) is 3.71. The van der Waals surface area contributed by atoms with E-state index in [0.717, 1.165) is 33.7 Å². The fourth-order valence-electron chi connectivity index (χ4n) is 23.3. The van der Waals surface area contributed by atoms with Gasteiger partial charge in [0.1, 0.15) is 0 Å². The number of benzene rings is 4. The first-order valence-electron chi connectivity index (χ1n) is 16.1. The Morgan fingerprint density at radius 3 is 1.44 bits per heavy atom. The molecule has 4 aromatic carbocycles. The van der Waals surface area contributed by atoms with Crippen LogP contribution in [0.4, 0.5) is 0 Å². The molecule has 216 valence electrons. The van der Waals surface area contributed by atoms with Gasteiger partial charge in [-0.25, -0.2) is 0 Å². The Balaban J connectivity index is 1.14. The van der Waals surface area contributed by atoms with E-state index in [4.69, 9.17) is 0 Å². The first-order valence-corrected chi connectivity index (χ1v) is 24.9. The van der Waals surface area contributed by atoms with E-state index < -0.39 is 28.3 Å². The molecule has 10 saturated heterocycles. The van der Waals surface area contributed by atoms with Crippen LogP contribution < -0.4 is 21.2 Å². The molecule has 0 bridgehead atoms. The molecule has 4 aromatic rings. The van der Waals surface area contributed by atoms with Crippen molar-refractivity contribution < 1.29 is 16.4 Å². The topological polar surface area (TPSA) is 37.3 Å². The molecule has 10 heterocycles. The zero-order valence-corrected chi connectivity index (χ0v) is 26.9. The van der Waals surface area contributed by atoms with Gasteiger partial charge in [-0.15, -0.1) is 0 Å². The fraction of sp³-hybridized carbons (Fsp3) is 0.342. The van der Waals surface area contributed by atoms with Crippen LogP contribution in [-0.2, 0) is 11.3 Å². The molecule has 10 aliphatic heterocycles. The van der Waals surface area contributed by atoms with E-state index in [-0.39, 0.29) is 0 Å². The molecule has 5 heteroatoms. The van der Waals surface area contributed by atoms with E-state index in [9.17, 15) is 9.90 Å². The molecule has 10 fully saturated rings. The third-order valence-electron chi connectivity index (χ3n) is 20.9. The third-order valence-corrected chi connectivity index (χ3v) is 78.4. The monoisotopic (exact) mass is 640 g/mol. The van der Waals surface area contributed by atoms with Gasteiger partial charge in [0, 0.05) is 0 Å². The van der Waals surface area contributed by atoms with Crippen molar-refractivity contribution in [2.45, 2.75) is 59.5 Å². The van der Waals surface area contributed by atoms with Gasteiger partial charge in [0.05, 0.1) is 0 Å². The molecular weight excluding hydrogens is 606 g/mol. The average molecular weight is 640 g/mol. The van der Waals surface area contributed by atoms with Crippen LogP contribution in [0.3, 0.4) is 0 Å². The second-order valence-corrected chi connectivity index (χ2v) is 45.9. The molecule has 0 amide bonds. The second-order valence-electron chi connectivity index (χ2n) is 17.3. The minimum atomic E-state index is -4.49. The zero-order valence-electron chi connectivity index (χ0n) is 24.0. The summed E-state index contributed by atoms with van der Waals surface area (Å²) >= 11 is 0. The quantitative estimate of drug-likeness (QED) is 0.149. The minimum absolute atomic E-state index is 0.312. The molecule has 0 saturated carbocycles. The number of rotatable bonds is 9. The predicted molar refractivity (Wildman–Crippen MR) is 174 cm³/mol. The summed E-state index contributed by atoms with van der Waals surface area (Å²) < 4.78 is 1.36. The van der Waals surface area contributed by atoms with E-state index in [1.165, 1.54) is 0 Å². The molecule has 0 aromatic heterocycles. The van der Waals surface area contributed by atoms with Crippen LogP contribution in [0.1, 0.15) is 13.3 Å². The van der Waals surface area contributed by atoms with Crippen molar-refractivity contribution in [1.82, 2.24) is 0 Å². The van der Waals surface area contributed by atoms with Crippen molar-refractivity contribution in [3.8, 4) is 0 Å². The zero-order chi connectivity index (χ0) is 28.3. The van der Waals surface area contributed by atoms with Gasteiger partial charge in [-0.3, -0.25) is 0 Å². The predicted octanol–water partition coefficient (Wildman–Crippen LogP) is 7.94. The number of aliphatic carboxylic acids is 1. The van der Waals surface area contributed by atoms with Gasteiger partial charge < -0.3 is 0 Å². The van der Waals surface area contributed by atoms with Gasteiger partial charge in [0.25, 0.3) is 0 Å². The molecular formula is C38H34FeO2P2. The molecule has 14 rings (SSSR count). The Morgan fingerprint density at radius 1 is 0.651 bits per heavy atom. The van der Waals surface area contributed by atoms with Crippen LogP contribution in [0.5, 0.6) is 0 Å². The first kappa shape index (κ1) is 22.3. The molecule has 9 unspecified atom stereocenters. The van der Waals surface area contributed by atoms with Crippen molar-refractivity contribution in [1.29, 1.82) is 0 Å². The molecule has 1 N–H and O–H groups in total. The summed E-state index contributed by atoms with van der Waals surface area (Å²) in [4.78, 5) is 19.7. The van der Waals surface area contributed by atoms with Crippen molar-refractivity contribution in [2.24, 2.45) is 5.92 Å². The van der Waals surface area contributed by atoms with E-state index >= 15 is 0 Å². The van der Waals surface area contributed by atoms with Gasteiger partial charge >= 0.3 is 246 Å². The number of carboxylic acids is 1. The van der Waals surface area contributed by atoms with Gasteiger partial charge in [0.15, 0.2) is 0 Å². The Kier molecular flexibility index (Phi) is 1.92. The number of hydrogen-bond acceptors (Lipinski definition) is 1. The maximum absolute atomic E-state index is 12.6. The summed E-state index contributed by atoms with van der Waals surface area (Å²) in [6.45, 7) is -2.04. The first-order chi connectivity index (χ1) is 20.8. The van der Waals surface area contributed by atoms with Crippen LogP contribution in [0.15, 0.2) is 121 Å². The Morgan fingerprint density at radius 2 is 1.07 bits per heavy atom. The van der Waals surface area contributed by atoms with Gasteiger partial charge in [0.2, 0.25) is 0 Å². The van der Waals surface area contributed by atoms with Gasteiger partial charge in [-0.2, -0.15) is 0 Å². The molecule has 1 spiro atoms. The van der Waals surface area contributed by atoms with E-state index in [0.29, 0.717) is 24.8 Å². The van der Waals surface area contributed by atoms with E-state index in [2.05, 4.69) is 128 Å². The number of carboxylic acid groups (broad SMARTS) is 1. The average Bonchev–Trinajstić information content (AvgIpc) is 3.99. The number of fused-ring (bicyclic) bond motifs is 10. The normalized spacial score (nSPS) is 58.3. The third kappa shape index (κ3) is 0.597. The summed E-state index contributed by atoms with van der Waals surface area (Å²) in [5, 5.41) is 16.8. The summed E-state index contributed by atoms with van der Waals surface area (Å²) in [5.41, 5.74) is 0. The SMILES string of the molecule is CC(CC(=O)O)[C@]12[CH]3[CH]4[CH]5[C]1(P(c1ccccc1)c1ccccc1)[Fe]45321678[CH]2[CH]1[CH]6[C]7(P(c1ccccc1)c1ccccc1)[CH]28. The van der Waals surface area contributed by atoms with Gasteiger partial charge in [-0.05, 0) is 0 Å². The fourth-order valence-corrected chi connectivity index (χ4v) is 132. The summed E-state index contributed by atoms with van der Waals surface area (Å²) in [7, 11) is -1.03. The standard InChI is InChI=1S/C21H20O2P.C17H14P.Fe/c1-16(15-21(22)23)19-13-8-14-20(19)24(17-9-4-2-5-10-17)18-11-6-3-7-12-18;1-3-9-15(10-4-1)18(17-13-7-8-14-17)16-11-5-2-6-12-16;/h2-14,16H,15H2,1H3,(H,22,23);1-14H;. The van der Waals surface area contributed by atoms with Crippen LogP contribution >= 0.6 is 15.8 Å². The number of carbonyl (C=O) groups is 1. The summed E-state index contributed by atoms with van der Waals surface area (Å²) in [5.74, 6) is -0.253. The Bertz CT molecular complexity index is 2340. The molecule has 0 aliphatic carbocycles. The van der Waals surface area contributed by atoms with Crippen molar-refractivity contribution in [2.75, 3.05) is 0 Å². The maximum atomic E-state index is 12.6. The Hall–Kier alpha value is -2.27. The van der Waals surface area contributed by atoms with Crippen LogP contribution in [-0.4, -0.2) is 19.2 Å². The van der Waals surface area contributed by atoms with E-state index in [1.807, 2.05) is 0 Å². The van der Waals surface area contributed by atoms with Crippen LogP contribution in [0, 0.1) is 5.92 Å². The molecule has 10 atom stereocenters. The molecule has 0 radical (unpaired) electrons. The van der Waals surface area contributed by atoms with Crippen molar-refractivity contribution in [3.05, 3.63) is 121 Å².